The fourth-order valence-corrected chi connectivity index (χ4v) is 3.28. The molecule has 0 spiro atoms. The smallest absolute Gasteiger partial charge is 0.153 e. The van der Waals surface area contributed by atoms with Crippen LogP contribution in [0.4, 0.5) is 0 Å². The number of hydrogen-bond donors (Lipinski definition) is 1. The maximum Gasteiger partial charge on any atom is 0.153 e. The SMILES string of the molecule is CC(C)S(=O)(=O)CCN(C)CC1CCCC1O. The molecule has 102 valence electrons. The van der Waals surface area contributed by atoms with E-state index in [4.69, 9.17) is 0 Å². The molecule has 0 radical (unpaired) electrons. The second kappa shape index (κ2) is 6.16. The van der Waals surface area contributed by atoms with Crippen molar-refractivity contribution >= 4 is 9.84 Å². The molecule has 2 atom stereocenters. The second-order valence-corrected chi connectivity index (χ2v) is 8.11. The summed E-state index contributed by atoms with van der Waals surface area (Å²) in [5, 5.41) is 9.41. The van der Waals surface area contributed by atoms with E-state index in [0.717, 1.165) is 25.8 Å². The average molecular weight is 263 g/mol. The molecule has 0 saturated heterocycles. The van der Waals surface area contributed by atoms with Crippen LogP contribution in [0, 0.1) is 5.92 Å². The molecule has 1 rings (SSSR count). The third-order valence-corrected chi connectivity index (χ3v) is 5.83. The summed E-state index contributed by atoms with van der Waals surface area (Å²) in [4.78, 5) is 2.03. The molecule has 1 aliphatic carbocycles. The number of nitrogens with zero attached hydrogens (tertiary/aromatic N) is 1. The molecule has 0 aromatic carbocycles. The minimum absolute atomic E-state index is 0.195. The summed E-state index contributed by atoms with van der Waals surface area (Å²) < 4.78 is 23.3. The zero-order chi connectivity index (χ0) is 13.1. The predicted octanol–water partition coefficient (Wildman–Crippen LogP) is 0.902. The number of rotatable bonds is 6. The molecule has 1 saturated carbocycles. The molecule has 1 fully saturated rings. The van der Waals surface area contributed by atoms with Crippen LogP contribution in [-0.2, 0) is 9.84 Å². The van der Waals surface area contributed by atoms with Gasteiger partial charge < -0.3 is 10.0 Å². The molecule has 1 N–H and O–H groups in total. The third-order valence-electron chi connectivity index (χ3n) is 3.64. The Morgan fingerprint density at radius 1 is 1.35 bits per heavy atom. The molecule has 5 heteroatoms. The Labute approximate surface area is 105 Å². The normalized spacial score (nSPS) is 26.0. The summed E-state index contributed by atoms with van der Waals surface area (Å²) in [5.74, 6) is 0.533. The van der Waals surface area contributed by atoms with Gasteiger partial charge in [-0.2, -0.15) is 0 Å². The number of sulfone groups is 1. The van der Waals surface area contributed by atoms with Crippen LogP contribution in [-0.4, -0.2) is 55.7 Å². The Balaban J connectivity index is 2.33. The van der Waals surface area contributed by atoms with Crippen molar-refractivity contribution in [1.29, 1.82) is 0 Å². The van der Waals surface area contributed by atoms with Gasteiger partial charge in [-0.3, -0.25) is 0 Å². The zero-order valence-electron chi connectivity index (χ0n) is 11.1. The Morgan fingerprint density at radius 2 is 2.00 bits per heavy atom. The maximum atomic E-state index is 11.7. The molecule has 0 bridgehead atoms. The molecule has 2 unspecified atom stereocenters. The van der Waals surface area contributed by atoms with Crippen molar-refractivity contribution in [2.24, 2.45) is 5.92 Å². The van der Waals surface area contributed by atoms with Crippen LogP contribution >= 0.6 is 0 Å². The van der Waals surface area contributed by atoms with Gasteiger partial charge in [-0.15, -0.1) is 0 Å². The Morgan fingerprint density at radius 3 is 2.47 bits per heavy atom. The molecule has 0 aliphatic heterocycles. The van der Waals surface area contributed by atoms with E-state index in [1.54, 1.807) is 13.8 Å². The van der Waals surface area contributed by atoms with Gasteiger partial charge in [-0.1, -0.05) is 6.42 Å². The Bertz CT molecular complexity index is 327. The third kappa shape index (κ3) is 4.56. The zero-order valence-corrected chi connectivity index (χ0v) is 11.9. The highest BCUT2D eigenvalue weighted by atomic mass is 32.2. The summed E-state index contributed by atoms with van der Waals surface area (Å²) >= 11 is 0. The van der Waals surface area contributed by atoms with Crippen molar-refractivity contribution in [2.75, 3.05) is 25.9 Å². The lowest BCUT2D eigenvalue weighted by molar-refractivity contribution is 0.111. The highest BCUT2D eigenvalue weighted by Gasteiger charge is 2.26. The molecule has 0 aromatic heterocycles. The van der Waals surface area contributed by atoms with Gasteiger partial charge >= 0.3 is 0 Å². The van der Waals surface area contributed by atoms with Gasteiger partial charge in [-0.25, -0.2) is 8.42 Å². The molecule has 1 aliphatic rings. The van der Waals surface area contributed by atoms with Gasteiger partial charge in [-0.05, 0) is 39.7 Å². The van der Waals surface area contributed by atoms with E-state index < -0.39 is 9.84 Å². The number of hydrogen-bond acceptors (Lipinski definition) is 4. The van der Waals surface area contributed by atoms with Gasteiger partial charge in [0.1, 0.15) is 0 Å². The molecule has 4 nitrogen and oxygen atoms in total. The van der Waals surface area contributed by atoms with Crippen LogP contribution in [0.15, 0.2) is 0 Å². The quantitative estimate of drug-likeness (QED) is 0.773. The monoisotopic (exact) mass is 263 g/mol. The van der Waals surface area contributed by atoms with Gasteiger partial charge in [0.15, 0.2) is 9.84 Å². The summed E-state index contributed by atoms with van der Waals surface area (Å²) in [5.41, 5.74) is 0. The lowest BCUT2D eigenvalue weighted by Gasteiger charge is -2.23. The fraction of sp³-hybridized carbons (Fsp3) is 1.00. The van der Waals surface area contributed by atoms with E-state index >= 15 is 0 Å². The van der Waals surface area contributed by atoms with Gasteiger partial charge in [0, 0.05) is 13.1 Å². The first-order valence-electron chi connectivity index (χ1n) is 6.41. The summed E-state index contributed by atoms with van der Waals surface area (Å²) in [6.45, 7) is 4.80. The molecular weight excluding hydrogens is 238 g/mol. The lowest BCUT2D eigenvalue weighted by Crippen LogP contribution is -2.34. The van der Waals surface area contributed by atoms with E-state index in [1.165, 1.54) is 0 Å². The lowest BCUT2D eigenvalue weighted by atomic mass is 10.1. The molecular formula is C12H25NO3S. The average Bonchev–Trinajstić information content (AvgIpc) is 2.61. The van der Waals surface area contributed by atoms with E-state index in [1.807, 2.05) is 11.9 Å². The van der Waals surface area contributed by atoms with Crippen molar-refractivity contribution in [3.05, 3.63) is 0 Å². The van der Waals surface area contributed by atoms with Crippen molar-refractivity contribution in [3.63, 3.8) is 0 Å². The summed E-state index contributed by atoms with van der Waals surface area (Å²) in [6, 6.07) is 0. The topological polar surface area (TPSA) is 57.6 Å². The Kier molecular flexibility index (Phi) is 5.41. The van der Waals surface area contributed by atoms with Crippen LogP contribution in [0.1, 0.15) is 33.1 Å². The van der Waals surface area contributed by atoms with E-state index in [2.05, 4.69) is 0 Å². The minimum Gasteiger partial charge on any atom is -0.393 e. The van der Waals surface area contributed by atoms with Crippen LogP contribution in [0.3, 0.4) is 0 Å². The largest absolute Gasteiger partial charge is 0.393 e. The molecule has 0 heterocycles. The first-order valence-corrected chi connectivity index (χ1v) is 8.12. The van der Waals surface area contributed by atoms with Crippen LogP contribution in [0.2, 0.25) is 0 Å². The fourth-order valence-electron chi connectivity index (χ4n) is 2.24. The highest BCUT2D eigenvalue weighted by Crippen LogP contribution is 2.25. The Hall–Kier alpha value is -0.130. The van der Waals surface area contributed by atoms with E-state index in [9.17, 15) is 13.5 Å². The molecule has 0 aromatic rings. The van der Waals surface area contributed by atoms with Crippen LogP contribution in [0.25, 0.3) is 0 Å². The number of aliphatic hydroxyl groups is 1. The van der Waals surface area contributed by atoms with Crippen molar-refractivity contribution in [2.45, 2.75) is 44.5 Å². The highest BCUT2D eigenvalue weighted by molar-refractivity contribution is 7.92. The maximum absolute atomic E-state index is 11.7. The van der Waals surface area contributed by atoms with Gasteiger partial charge in [0.2, 0.25) is 0 Å². The van der Waals surface area contributed by atoms with Crippen molar-refractivity contribution in [1.82, 2.24) is 4.90 Å². The summed E-state index contributed by atoms with van der Waals surface area (Å²) in [7, 11) is -1.01. The molecule has 17 heavy (non-hydrogen) atoms. The van der Waals surface area contributed by atoms with Crippen molar-refractivity contribution < 1.29 is 13.5 Å². The second-order valence-electron chi connectivity index (χ2n) is 5.44. The van der Waals surface area contributed by atoms with Crippen molar-refractivity contribution in [3.8, 4) is 0 Å². The predicted molar refractivity (Wildman–Crippen MR) is 69.8 cm³/mol. The van der Waals surface area contributed by atoms with Gasteiger partial charge in [0.05, 0.1) is 17.1 Å². The first-order chi connectivity index (χ1) is 7.83. The standard InChI is InChI=1S/C12H25NO3S/c1-10(2)17(15,16)8-7-13(3)9-11-5-4-6-12(11)14/h10-12,14H,4-9H2,1-3H3. The first kappa shape index (κ1) is 14.9. The minimum atomic E-state index is -2.94. The van der Waals surface area contributed by atoms with Crippen LogP contribution < -0.4 is 0 Å². The van der Waals surface area contributed by atoms with Crippen LogP contribution in [0.5, 0.6) is 0 Å². The number of aliphatic hydroxyl groups excluding tert-OH is 1. The van der Waals surface area contributed by atoms with E-state index in [-0.39, 0.29) is 17.1 Å². The van der Waals surface area contributed by atoms with Gasteiger partial charge in [0.25, 0.3) is 0 Å². The molecule has 0 amide bonds. The summed E-state index contributed by atoms with van der Waals surface area (Å²) in [6.07, 6.45) is 2.84. The van der Waals surface area contributed by atoms with E-state index in [0.29, 0.717) is 12.5 Å².